The summed E-state index contributed by atoms with van der Waals surface area (Å²) in [5, 5.41) is 12.1. The van der Waals surface area contributed by atoms with Crippen LogP contribution in [0.2, 0.25) is 0 Å². The highest BCUT2D eigenvalue weighted by atomic mass is 32.2. The SMILES string of the molecule is CSc1cc(C#N)ccc1C1NC(=O)N(c2cccc(CF)c2)C2=C1C(=O)CC2. The molecule has 0 saturated heterocycles. The number of hydrogen-bond acceptors (Lipinski definition) is 4. The molecular weight excluding hydrogens is 389 g/mol. The van der Waals surface area contributed by atoms with Gasteiger partial charge in [0.05, 0.1) is 23.4 Å². The van der Waals surface area contributed by atoms with Crippen LogP contribution in [0.5, 0.6) is 0 Å². The second-order valence-corrected chi connectivity index (χ2v) is 7.72. The zero-order chi connectivity index (χ0) is 20.5. The average molecular weight is 407 g/mol. The van der Waals surface area contributed by atoms with Crippen molar-refractivity contribution in [3.63, 3.8) is 0 Å². The van der Waals surface area contributed by atoms with Gasteiger partial charge in [-0.15, -0.1) is 11.8 Å². The number of allylic oxidation sites excluding steroid dienone is 1. The van der Waals surface area contributed by atoms with Crippen molar-refractivity contribution < 1.29 is 14.0 Å². The Morgan fingerprint density at radius 2 is 2.07 bits per heavy atom. The zero-order valence-corrected chi connectivity index (χ0v) is 16.6. The van der Waals surface area contributed by atoms with Crippen LogP contribution in [-0.2, 0) is 11.5 Å². The average Bonchev–Trinajstić information content (AvgIpc) is 3.14. The molecule has 1 unspecified atom stereocenters. The Kier molecular flexibility index (Phi) is 5.12. The van der Waals surface area contributed by atoms with Gasteiger partial charge in [-0.3, -0.25) is 9.69 Å². The van der Waals surface area contributed by atoms with Gasteiger partial charge in [-0.05, 0) is 48.1 Å². The van der Waals surface area contributed by atoms with Gasteiger partial charge in [0.25, 0.3) is 0 Å². The second kappa shape index (κ2) is 7.72. The van der Waals surface area contributed by atoms with Crippen LogP contribution in [-0.4, -0.2) is 18.1 Å². The number of amides is 2. The van der Waals surface area contributed by atoms with E-state index in [9.17, 15) is 19.2 Å². The minimum Gasteiger partial charge on any atom is -0.326 e. The Bertz CT molecular complexity index is 1090. The molecule has 0 aromatic heterocycles. The standard InChI is InChI=1S/C22H18FN3O2S/c1-29-19-10-14(12-24)5-6-16(19)21-20-17(7-8-18(20)27)26(22(28)25-21)15-4-2-3-13(9-15)11-23/h2-6,9-10,21H,7-8,11H2,1H3,(H,25,28). The van der Waals surface area contributed by atoms with E-state index in [4.69, 9.17) is 0 Å². The quantitative estimate of drug-likeness (QED) is 0.750. The molecule has 2 aliphatic rings. The number of benzene rings is 2. The lowest BCUT2D eigenvalue weighted by Crippen LogP contribution is -2.47. The lowest BCUT2D eigenvalue weighted by atomic mass is 9.94. The number of nitrogens with zero attached hydrogens (tertiary/aromatic N) is 2. The first-order valence-electron chi connectivity index (χ1n) is 9.17. The van der Waals surface area contributed by atoms with E-state index in [-0.39, 0.29) is 11.8 Å². The highest BCUT2D eigenvalue weighted by molar-refractivity contribution is 7.98. The maximum atomic E-state index is 13.1. The predicted molar refractivity (Wildman–Crippen MR) is 109 cm³/mol. The summed E-state index contributed by atoms with van der Waals surface area (Å²) in [4.78, 5) is 28.2. The molecule has 0 bridgehead atoms. The van der Waals surface area contributed by atoms with E-state index in [2.05, 4.69) is 11.4 Å². The van der Waals surface area contributed by atoms with E-state index < -0.39 is 12.7 Å². The van der Waals surface area contributed by atoms with Crippen LogP contribution in [0.25, 0.3) is 0 Å². The number of carbonyl (C=O) groups excluding carboxylic acids is 2. The van der Waals surface area contributed by atoms with Crippen LogP contribution in [0.1, 0.15) is 35.6 Å². The largest absolute Gasteiger partial charge is 0.327 e. The van der Waals surface area contributed by atoms with Crippen molar-refractivity contribution in [2.45, 2.75) is 30.5 Å². The molecule has 146 valence electrons. The number of carbonyl (C=O) groups is 2. The Morgan fingerprint density at radius 1 is 1.24 bits per heavy atom. The van der Waals surface area contributed by atoms with Crippen molar-refractivity contribution in [3.05, 3.63) is 70.4 Å². The third kappa shape index (κ3) is 3.30. The van der Waals surface area contributed by atoms with Crippen molar-refractivity contribution >= 4 is 29.3 Å². The summed E-state index contributed by atoms with van der Waals surface area (Å²) < 4.78 is 13.1. The smallest absolute Gasteiger partial charge is 0.326 e. The van der Waals surface area contributed by atoms with E-state index in [0.29, 0.717) is 40.9 Å². The van der Waals surface area contributed by atoms with Gasteiger partial charge in [-0.25, -0.2) is 9.18 Å². The Morgan fingerprint density at radius 3 is 2.79 bits per heavy atom. The van der Waals surface area contributed by atoms with E-state index in [0.717, 1.165) is 10.5 Å². The molecule has 29 heavy (non-hydrogen) atoms. The van der Waals surface area contributed by atoms with Crippen molar-refractivity contribution in [1.82, 2.24) is 5.32 Å². The zero-order valence-electron chi connectivity index (χ0n) is 15.7. The number of nitriles is 1. The summed E-state index contributed by atoms with van der Waals surface area (Å²) in [5.41, 5.74) is 3.57. The van der Waals surface area contributed by atoms with Gasteiger partial charge < -0.3 is 5.32 Å². The van der Waals surface area contributed by atoms with Crippen LogP contribution >= 0.6 is 11.8 Å². The number of thioether (sulfide) groups is 1. The summed E-state index contributed by atoms with van der Waals surface area (Å²) in [5.74, 6) is -0.00643. The fourth-order valence-electron chi connectivity index (χ4n) is 3.91. The maximum absolute atomic E-state index is 13.1. The molecule has 7 heteroatoms. The third-order valence-electron chi connectivity index (χ3n) is 5.23. The lowest BCUT2D eigenvalue weighted by Gasteiger charge is -2.35. The number of Topliss-reactive ketones (excluding diaryl/α,β-unsaturated/α-hetero) is 1. The highest BCUT2D eigenvalue weighted by Gasteiger charge is 2.41. The van der Waals surface area contributed by atoms with Gasteiger partial charge in [-0.2, -0.15) is 5.26 Å². The highest BCUT2D eigenvalue weighted by Crippen LogP contribution is 2.42. The number of rotatable bonds is 4. The number of alkyl halides is 1. The molecule has 4 rings (SSSR count). The Balaban J connectivity index is 1.84. The normalized spacial score (nSPS) is 18.5. The van der Waals surface area contributed by atoms with Gasteiger partial charge in [0.2, 0.25) is 0 Å². The van der Waals surface area contributed by atoms with Crippen LogP contribution in [0.4, 0.5) is 14.9 Å². The molecule has 0 spiro atoms. The predicted octanol–water partition coefficient (Wildman–Crippen LogP) is 4.64. The summed E-state index contributed by atoms with van der Waals surface area (Å²) in [6.07, 6.45) is 2.69. The Hall–Kier alpha value is -3.11. The first kappa shape index (κ1) is 19.2. The number of anilines is 1. The van der Waals surface area contributed by atoms with Crippen LogP contribution in [0, 0.1) is 11.3 Å². The number of hydrogen-bond donors (Lipinski definition) is 1. The summed E-state index contributed by atoms with van der Waals surface area (Å²) in [6.45, 7) is -0.626. The van der Waals surface area contributed by atoms with Crippen LogP contribution in [0.15, 0.2) is 58.6 Å². The first-order valence-corrected chi connectivity index (χ1v) is 10.4. The molecule has 1 heterocycles. The number of nitrogens with one attached hydrogen (secondary N) is 1. The molecular formula is C22H18FN3O2S. The second-order valence-electron chi connectivity index (χ2n) is 6.87. The van der Waals surface area contributed by atoms with Crippen LogP contribution < -0.4 is 10.2 Å². The van der Waals surface area contributed by atoms with Crippen molar-refractivity contribution in [3.8, 4) is 6.07 Å². The minimum absolute atomic E-state index is 0.00643. The van der Waals surface area contributed by atoms with E-state index in [1.807, 2.05) is 6.26 Å². The van der Waals surface area contributed by atoms with E-state index in [1.54, 1.807) is 42.5 Å². The summed E-state index contributed by atoms with van der Waals surface area (Å²) in [6, 6.07) is 13.2. The number of urea groups is 1. The molecule has 0 radical (unpaired) electrons. The maximum Gasteiger partial charge on any atom is 0.327 e. The molecule has 5 nitrogen and oxygen atoms in total. The first-order chi connectivity index (χ1) is 14.1. The minimum atomic E-state index is -0.626. The lowest BCUT2D eigenvalue weighted by molar-refractivity contribution is -0.115. The van der Waals surface area contributed by atoms with E-state index in [1.165, 1.54) is 16.7 Å². The molecule has 2 aromatic carbocycles. The van der Waals surface area contributed by atoms with Gasteiger partial charge in [0, 0.05) is 22.6 Å². The molecule has 1 atom stereocenters. The molecule has 1 N–H and O–H groups in total. The molecule has 0 saturated carbocycles. The van der Waals surface area contributed by atoms with Gasteiger partial charge in [0.15, 0.2) is 5.78 Å². The van der Waals surface area contributed by atoms with Gasteiger partial charge >= 0.3 is 6.03 Å². The third-order valence-corrected chi connectivity index (χ3v) is 6.02. The number of ketones is 1. The molecule has 2 aromatic rings. The molecule has 0 fully saturated rings. The summed E-state index contributed by atoms with van der Waals surface area (Å²) >= 11 is 1.47. The molecule has 1 aliphatic carbocycles. The molecule has 1 aliphatic heterocycles. The number of halogens is 1. The van der Waals surface area contributed by atoms with E-state index >= 15 is 0 Å². The topological polar surface area (TPSA) is 73.2 Å². The van der Waals surface area contributed by atoms with Gasteiger partial charge in [-0.1, -0.05) is 18.2 Å². The monoisotopic (exact) mass is 407 g/mol. The fourth-order valence-corrected chi connectivity index (χ4v) is 4.58. The summed E-state index contributed by atoms with van der Waals surface area (Å²) in [7, 11) is 0. The van der Waals surface area contributed by atoms with Crippen molar-refractivity contribution in [2.75, 3.05) is 11.2 Å². The fraction of sp³-hybridized carbons (Fsp3) is 0.227. The van der Waals surface area contributed by atoms with Gasteiger partial charge in [0.1, 0.15) is 6.67 Å². The Labute approximate surface area is 172 Å². The van der Waals surface area contributed by atoms with Crippen LogP contribution in [0.3, 0.4) is 0 Å². The molecule has 2 amide bonds. The van der Waals surface area contributed by atoms with Crippen molar-refractivity contribution in [1.29, 1.82) is 5.26 Å². The van der Waals surface area contributed by atoms with Crippen molar-refractivity contribution in [2.24, 2.45) is 0 Å².